The van der Waals surface area contributed by atoms with Crippen LogP contribution in [0.15, 0.2) is 23.4 Å². The molecule has 5 nitrogen and oxygen atoms in total. The van der Waals surface area contributed by atoms with Gasteiger partial charge in [-0.2, -0.15) is 0 Å². The maximum atomic E-state index is 12.4. The summed E-state index contributed by atoms with van der Waals surface area (Å²) in [5, 5.41) is 12.7. The maximum absolute atomic E-state index is 12.4. The summed E-state index contributed by atoms with van der Waals surface area (Å²) in [6.07, 6.45) is 6.30. The molecule has 2 aromatic rings. The molecule has 1 N–H and O–H groups in total. The number of thioether (sulfide) groups is 1. The molecule has 0 bridgehead atoms. The van der Waals surface area contributed by atoms with Gasteiger partial charge in [0.2, 0.25) is 5.91 Å². The number of hydrogen-bond acceptors (Lipinski definition) is 4. The van der Waals surface area contributed by atoms with Gasteiger partial charge >= 0.3 is 0 Å². The van der Waals surface area contributed by atoms with Gasteiger partial charge in [-0.1, -0.05) is 43.2 Å². The fourth-order valence-corrected chi connectivity index (χ4v) is 4.36. The zero-order chi connectivity index (χ0) is 18.5. The van der Waals surface area contributed by atoms with Crippen LogP contribution >= 0.6 is 11.8 Å². The number of aryl methyl sites for hydroxylation is 2. The van der Waals surface area contributed by atoms with Crippen molar-refractivity contribution in [2.24, 2.45) is 0 Å². The quantitative estimate of drug-likeness (QED) is 0.747. The molecule has 1 aliphatic carbocycles. The third-order valence-electron chi connectivity index (χ3n) is 5.03. The minimum Gasteiger partial charge on any atom is -0.325 e. The van der Waals surface area contributed by atoms with Gasteiger partial charge < -0.3 is 9.88 Å². The van der Waals surface area contributed by atoms with Gasteiger partial charge in [0, 0.05) is 18.2 Å². The first-order valence-corrected chi connectivity index (χ1v) is 10.5. The van der Waals surface area contributed by atoms with Crippen LogP contribution < -0.4 is 5.32 Å². The molecule has 1 saturated carbocycles. The maximum Gasteiger partial charge on any atom is 0.234 e. The highest BCUT2D eigenvalue weighted by Gasteiger charge is 2.23. The fourth-order valence-electron chi connectivity index (χ4n) is 3.55. The zero-order valence-corrected chi connectivity index (χ0v) is 16.7. The number of rotatable bonds is 6. The molecule has 3 rings (SSSR count). The molecular weight excluding hydrogens is 344 g/mol. The average Bonchev–Trinajstić information content (AvgIpc) is 3.06. The number of aromatic nitrogens is 3. The summed E-state index contributed by atoms with van der Waals surface area (Å²) in [6, 6.07) is 6.09. The van der Waals surface area contributed by atoms with Crippen molar-refractivity contribution in [3.8, 4) is 0 Å². The Morgan fingerprint density at radius 2 is 2.00 bits per heavy atom. The smallest absolute Gasteiger partial charge is 0.234 e. The lowest BCUT2D eigenvalue weighted by Gasteiger charge is -2.21. The van der Waals surface area contributed by atoms with Gasteiger partial charge in [0.25, 0.3) is 0 Å². The normalized spacial score (nSPS) is 15.2. The van der Waals surface area contributed by atoms with Gasteiger partial charge in [-0.25, -0.2) is 0 Å². The molecule has 0 radical (unpaired) electrons. The standard InChI is InChI=1S/C20H28N4OS/c1-4-24-19(16-8-6-5-7-9-16)22-23-20(24)26-13-18(25)21-17-12-14(2)10-11-15(17)3/h10-12,16H,4-9,13H2,1-3H3,(H,21,25). The minimum atomic E-state index is -0.00595. The highest BCUT2D eigenvalue weighted by molar-refractivity contribution is 7.99. The molecule has 0 unspecified atom stereocenters. The predicted molar refractivity (Wildman–Crippen MR) is 107 cm³/mol. The number of nitrogens with one attached hydrogen (secondary N) is 1. The molecule has 0 atom stereocenters. The Kier molecular flexibility index (Phi) is 6.35. The molecule has 1 aromatic carbocycles. The molecule has 1 amide bonds. The van der Waals surface area contributed by atoms with Gasteiger partial charge in [-0.05, 0) is 50.8 Å². The molecule has 26 heavy (non-hydrogen) atoms. The molecule has 0 aliphatic heterocycles. The molecule has 1 heterocycles. The summed E-state index contributed by atoms with van der Waals surface area (Å²) in [7, 11) is 0. The van der Waals surface area contributed by atoms with E-state index in [9.17, 15) is 4.79 Å². The Balaban J connectivity index is 1.63. The number of hydrogen-bond donors (Lipinski definition) is 1. The molecule has 140 valence electrons. The molecule has 1 aromatic heterocycles. The fraction of sp³-hybridized carbons (Fsp3) is 0.550. The van der Waals surface area contributed by atoms with E-state index in [-0.39, 0.29) is 5.91 Å². The topological polar surface area (TPSA) is 59.8 Å². The van der Waals surface area contributed by atoms with Crippen molar-refractivity contribution in [3.63, 3.8) is 0 Å². The summed E-state index contributed by atoms with van der Waals surface area (Å²) in [6.45, 7) is 7.00. The van der Waals surface area contributed by atoms with Crippen molar-refractivity contribution in [1.82, 2.24) is 14.8 Å². The van der Waals surface area contributed by atoms with Crippen molar-refractivity contribution >= 4 is 23.4 Å². The van der Waals surface area contributed by atoms with E-state index in [2.05, 4.69) is 33.1 Å². The van der Waals surface area contributed by atoms with Crippen LogP contribution in [-0.2, 0) is 11.3 Å². The van der Waals surface area contributed by atoms with E-state index in [1.807, 2.05) is 26.0 Å². The van der Waals surface area contributed by atoms with E-state index in [0.717, 1.165) is 34.3 Å². The summed E-state index contributed by atoms with van der Waals surface area (Å²) < 4.78 is 2.19. The van der Waals surface area contributed by atoms with E-state index in [4.69, 9.17) is 0 Å². The molecule has 0 saturated heterocycles. The molecule has 1 aliphatic rings. The number of carbonyl (C=O) groups is 1. The van der Waals surface area contributed by atoms with Crippen molar-refractivity contribution in [2.75, 3.05) is 11.1 Å². The van der Waals surface area contributed by atoms with Crippen LogP contribution in [0, 0.1) is 13.8 Å². The highest BCUT2D eigenvalue weighted by Crippen LogP contribution is 2.33. The first-order valence-electron chi connectivity index (χ1n) is 9.51. The first kappa shape index (κ1) is 19.0. The number of nitrogens with zero attached hydrogens (tertiary/aromatic N) is 3. The zero-order valence-electron chi connectivity index (χ0n) is 15.9. The second-order valence-electron chi connectivity index (χ2n) is 7.08. The second-order valence-corrected chi connectivity index (χ2v) is 8.02. The van der Waals surface area contributed by atoms with Crippen molar-refractivity contribution < 1.29 is 4.79 Å². The summed E-state index contributed by atoms with van der Waals surface area (Å²) in [4.78, 5) is 12.4. The van der Waals surface area contributed by atoms with Crippen molar-refractivity contribution in [3.05, 3.63) is 35.2 Å². The Morgan fingerprint density at radius 3 is 2.73 bits per heavy atom. The largest absolute Gasteiger partial charge is 0.325 e. The second kappa shape index (κ2) is 8.71. The molecule has 0 spiro atoms. The summed E-state index contributed by atoms with van der Waals surface area (Å²) in [5.74, 6) is 1.96. The van der Waals surface area contributed by atoms with Gasteiger partial charge in [-0.15, -0.1) is 10.2 Å². The molecule has 1 fully saturated rings. The Bertz CT molecular complexity index is 765. The van der Waals surface area contributed by atoms with Gasteiger partial charge in [0.15, 0.2) is 5.16 Å². The third kappa shape index (κ3) is 4.47. The lowest BCUT2D eigenvalue weighted by atomic mass is 9.89. The minimum absolute atomic E-state index is 0.00595. The Morgan fingerprint density at radius 1 is 1.23 bits per heavy atom. The van der Waals surface area contributed by atoms with E-state index >= 15 is 0 Å². The Hall–Kier alpha value is -1.82. The number of carbonyl (C=O) groups excluding carboxylic acids is 1. The van der Waals surface area contributed by atoms with Crippen LogP contribution in [0.5, 0.6) is 0 Å². The predicted octanol–water partition coefficient (Wildman–Crippen LogP) is 4.69. The van der Waals surface area contributed by atoms with E-state index < -0.39 is 0 Å². The summed E-state index contributed by atoms with van der Waals surface area (Å²) >= 11 is 1.47. The third-order valence-corrected chi connectivity index (χ3v) is 6.00. The van der Waals surface area contributed by atoms with Crippen LogP contribution in [0.25, 0.3) is 0 Å². The monoisotopic (exact) mass is 372 g/mol. The molecular formula is C20H28N4OS. The van der Waals surface area contributed by atoms with Gasteiger partial charge in [0.1, 0.15) is 5.82 Å². The Labute approximate surface area is 160 Å². The molecule has 6 heteroatoms. The van der Waals surface area contributed by atoms with E-state index in [0.29, 0.717) is 11.7 Å². The van der Waals surface area contributed by atoms with Crippen molar-refractivity contribution in [2.45, 2.75) is 70.5 Å². The van der Waals surface area contributed by atoms with Gasteiger partial charge in [-0.3, -0.25) is 4.79 Å². The number of anilines is 1. The SMILES string of the molecule is CCn1c(SCC(=O)Nc2cc(C)ccc2C)nnc1C1CCCCC1. The average molecular weight is 373 g/mol. The van der Waals surface area contributed by atoms with Crippen molar-refractivity contribution in [1.29, 1.82) is 0 Å². The van der Waals surface area contributed by atoms with Crippen LogP contribution in [0.2, 0.25) is 0 Å². The summed E-state index contributed by atoms with van der Waals surface area (Å²) in [5.41, 5.74) is 3.10. The first-order chi connectivity index (χ1) is 12.6. The van der Waals surface area contributed by atoms with Crippen LogP contribution in [0.4, 0.5) is 5.69 Å². The van der Waals surface area contributed by atoms with E-state index in [1.165, 1.54) is 43.9 Å². The van der Waals surface area contributed by atoms with Crippen LogP contribution in [0.1, 0.15) is 61.9 Å². The van der Waals surface area contributed by atoms with Gasteiger partial charge in [0.05, 0.1) is 5.75 Å². The highest BCUT2D eigenvalue weighted by atomic mass is 32.2. The lowest BCUT2D eigenvalue weighted by Crippen LogP contribution is -2.16. The lowest BCUT2D eigenvalue weighted by molar-refractivity contribution is -0.113. The number of benzene rings is 1. The number of amides is 1. The van der Waals surface area contributed by atoms with E-state index in [1.54, 1.807) is 0 Å². The van der Waals surface area contributed by atoms with Crippen LogP contribution in [-0.4, -0.2) is 26.4 Å². The van der Waals surface area contributed by atoms with Crippen LogP contribution in [0.3, 0.4) is 0 Å².